The molecule has 0 spiro atoms. The molecule has 5 heteroatoms. The van der Waals surface area contributed by atoms with Gasteiger partial charge in [-0.25, -0.2) is 0 Å². The minimum atomic E-state index is -0.102. The topological polar surface area (TPSA) is 59.6 Å². The first kappa shape index (κ1) is 19.8. The maximum atomic E-state index is 12.2. The number of carbonyl (C=O) groups excluding carboxylic acids is 1. The molecule has 0 unspecified atom stereocenters. The number of hydrogen-bond donors (Lipinski definition) is 2. The average Bonchev–Trinajstić information content (AvgIpc) is 2.64. The minimum absolute atomic E-state index is 0.102. The number of hydrogen-bond acceptors (Lipinski definition) is 4. The lowest BCUT2D eigenvalue weighted by atomic mass is 10.0. The maximum Gasteiger partial charge on any atom is 0.243 e. The van der Waals surface area contributed by atoms with Crippen LogP contribution >= 0.6 is 0 Å². The van der Waals surface area contributed by atoms with Crippen LogP contribution in [0, 0.1) is 0 Å². The highest BCUT2D eigenvalue weighted by Crippen LogP contribution is 2.23. The third-order valence-corrected chi connectivity index (χ3v) is 3.84. The maximum absolute atomic E-state index is 12.2. The molecule has 0 saturated carbocycles. The Morgan fingerprint density at radius 3 is 2.65 bits per heavy atom. The van der Waals surface area contributed by atoms with Gasteiger partial charge in [0.15, 0.2) is 0 Å². The zero-order chi connectivity index (χ0) is 18.8. The Bertz CT molecular complexity index is 701. The van der Waals surface area contributed by atoms with Crippen molar-refractivity contribution in [1.82, 2.24) is 0 Å². The monoisotopic (exact) mass is 356 g/mol. The van der Waals surface area contributed by atoms with Crippen LogP contribution < -0.4 is 15.4 Å². The number of carbonyl (C=O) groups is 1. The molecule has 2 rings (SSSR count). The zero-order valence-electron chi connectivity index (χ0n) is 15.7. The lowest BCUT2D eigenvalue weighted by Gasteiger charge is -2.14. The van der Waals surface area contributed by atoms with Gasteiger partial charge in [0.2, 0.25) is 5.91 Å². The van der Waals surface area contributed by atoms with Gasteiger partial charge in [0, 0.05) is 24.0 Å². The molecule has 0 aliphatic rings. The SMILES string of the molecule is CCOCCOc1cccc(NC(=O)CNc2ccccc2C(C)C)c1. The van der Waals surface area contributed by atoms with Crippen molar-refractivity contribution < 1.29 is 14.3 Å². The molecule has 0 saturated heterocycles. The second-order valence-electron chi connectivity index (χ2n) is 6.22. The summed E-state index contributed by atoms with van der Waals surface area (Å²) >= 11 is 0. The molecule has 26 heavy (non-hydrogen) atoms. The summed E-state index contributed by atoms with van der Waals surface area (Å²) in [5.74, 6) is 1.00. The van der Waals surface area contributed by atoms with Gasteiger partial charge in [-0.3, -0.25) is 4.79 Å². The molecular formula is C21H28N2O3. The van der Waals surface area contributed by atoms with E-state index in [1.165, 1.54) is 5.56 Å². The van der Waals surface area contributed by atoms with Crippen molar-refractivity contribution >= 4 is 17.3 Å². The lowest BCUT2D eigenvalue weighted by molar-refractivity contribution is -0.114. The number of rotatable bonds is 10. The summed E-state index contributed by atoms with van der Waals surface area (Å²) in [7, 11) is 0. The quantitative estimate of drug-likeness (QED) is 0.624. The first-order valence-electron chi connectivity index (χ1n) is 9.03. The summed E-state index contributed by atoms with van der Waals surface area (Å²) in [4.78, 5) is 12.2. The standard InChI is InChI=1S/C21H28N2O3/c1-4-25-12-13-26-18-9-7-8-17(14-18)23-21(24)15-22-20-11-6-5-10-19(20)16(2)3/h5-11,14,16,22H,4,12-13,15H2,1-3H3,(H,23,24). The Morgan fingerprint density at radius 2 is 1.88 bits per heavy atom. The first-order chi connectivity index (χ1) is 12.6. The Kier molecular flexibility index (Phi) is 7.96. The second kappa shape index (κ2) is 10.5. The molecule has 2 N–H and O–H groups in total. The van der Waals surface area contributed by atoms with Gasteiger partial charge in [-0.15, -0.1) is 0 Å². The fraction of sp³-hybridized carbons (Fsp3) is 0.381. The van der Waals surface area contributed by atoms with E-state index in [4.69, 9.17) is 9.47 Å². The van der Waals surface area contributed by atoms with E-state index < -0.39 is 0 Å². The van der Waals surface area contributed by atoms with Gasteiger partial charge in [-0.2, -0.15) is 0 Å². The number of ether oxygens (including phenoxy) is 2. The van der Waals surface area contributed by atoms with E-state index in [1.54, 1.807) is 0 Å². The number of para-hydroxylation sites is 1. The predicted octanol–water partition coefficient (Wildman–Crippen LogP) is 4.28. The molecule has 5 nitrogen and oxygen atoms in total. The molecule has 0 bridgehead atoms. The molecule has 0 aliphatic heterocycles. The highest BCUT2D eigenvalue weighted by Gasteiger charge is 2.08. The van der Waals surface area contributed by atoms with Crippen molar-refractivity contribution in [2.75, 3.05) is 37.0 Å². The van der Waals surface area contributed by atoms with Crippen molar-refractivity contribution in [2.45, 2.75) is 26.7 Å². The van der Waals surface area contributed by atoms with Gasteiger partial charge >= 0.3 is 0 Å². The van der Waals surface area contributed by atoms with E-state index in [-0.39, 0.29) is 12.5 Å². The molecule has 2 aromatic carbocycles. The van der Waals surface area contributed by atoms with Gasteiger partial charge in [0.25, 0.3) is 0 Å². The molecule has 1 amide bonds. The Labute approximate surface area is 155 Å². The normalized spacial score (nSPS) is 10.6. The Hall–Kier alpha value is -2.53. The van der Waals surface area contributed by atoms with Crippen LogP contribution in [-0.2, 0) is 9.53 Å². The summed E-state index contributed by atoms with van der Waals surface area (Å²) in [5.41, 5.74) is 2.90. The molecule has 0 aliphatic carbocycles. The van der Waals surface area contributed by atoms with Gasteiger partial charge in [0.05, 0.1) is 13.2 Å². The zero-order valence-corrected chi connectivity index (χ0v) is 15.7. The summed E-state index contributed by atoms with van der Waals surface area (Å²) in [5, 5.41) is 6.11. The highest BCUT2D eigenvalue weighted by molar-refractivity contribution is 5.94. The molecule has 0 aromatic heterocycles. The fourth-order valence-electron chi connectivity index (χ4n) is 2.57. The molecular weight excluding hydrogens is 328 g/mol. The average molecular weight is 356 g/mol. The largest absolute Gasteiger partial charge is 0.491 e. The first-order valence-corrected chi connectivity index (χ1v) is 9.03. The van der Waals surface area contributed by atoms with E-state index in [2.05, 4.69) is 30.5 Å². The van der Waals surface area contributed by atoms with Crippen LogP contribution in [-0.4, -0.2) is 32.3 Å². The fourth-order valence-corrected chi connectivity index (χ4v) is 2.57. The van der Waals surface area contributed by atoms with E-state index in [1.807, 2.05) is 49.4 Å². The Morgan fingerprint density at radius 1 is 1.08 bits per heavy atom. The molecule has 0 radical (unpaired) electrons. The third kappa shape index (κ3) is 6.41. The van der Waals surface area contributed by atoms with Crippen LogP contribution in [0.25, 0.3) is 0 Å². The number of benzene rings is 2. The van der Waals surface area contributed by atoms with Crippen LogP contribution in [0.15, 0.2) is 48.5 Å². The van der Waals surface area contributed by atoms with Gasteiger partial charge < -0.3 is 20.1 Å². The number of amides is 1. The van der Waals surface area contributed by atoms with E-state index >= 15 is 0 Å². The minimum Gasteiger partial charge on any atom is -0.491 e. The molecule has 0 fully saturated rings. The Balaban J connectivity index is 1.86. The smallest absolute Gasteiger partial charge is 0.243 e. The van der Waals surface area contributed by atoms with Gasteiger partial charge in [-0.05, 0) is 36.6 Å². The van der Waals surface area contributed by atoms with Crippen LogP contribution in [0.2, 0.25) is 0 Å². The van der Waals surface area contributed by atoms with E-state index in [9.17, 15) is 4.79 Å². The van der Waals surface area contributed by atoms with Crippen LogP contribution in [0.5, 0.6) is 5.75 Å². The second-order valence-corrected chi connectivity index (χ2v) is 6.22. The van der Waals surface area contributed by atoms with E-state index in [0.29, 0.717) is 37.2 Å². The van der Waals surface area contributed by atoms with Crippen LogP contribution in [0.4, 0.5) is 11.4 Å². The molecule has 140 valence electrons. The van der Waals surface area contributed by atoms with E-state index in [0.717, 1.165) is 5.69 Å². The summed E-state index contributed by atoms with van der Waals surface area (Å²) in [6.07, 6.45) is 0. The van der Waals surface area contributed by atoms with Crippen molar-refractivity contribution in [3.05, 3.63) is 54.1 Å². The van der Waals surface area contributed by atoms with Gasteiger partial charge in [-0.1, -0.05) is 38.1 Å². The number of anilines is 2. The lowest BCUT2D eigenvalue weighted by Crippen LogP contribution is -2.22. The van der Waals surface area contributed by atoms with Crippen LogP contribution in [0.1, 0.15) is 32.3 Å². The summed E-state index contributed by atoms with van der Waals surface area (Å²) in [6.45, 7) is 8.13. The van der Waals surface area contributed by atoms with Crippen molar-refractivity contribution in [3.63, 3.8) is 0 Å². The predicted molar refractivity (Wildman–Crippen MR) is 106 cm³/mol. The highest BCUT2D eigenvalue weighted by atomic mass is 16.5. The number of nitrogens with one attached hydrogen (secondary N) is 2. The molecule has 2 aromatic rings. The van der Waals surface area contributed by atoms with Crippen molar-refractivity contribution in [1.29, 1.82) is 0 Å². The van der Waals surface area contributed by atoms with Crippen molar-refractivity contribution in [2.24, 2.45) is 0 Å². The van der Waals surface area contributed by atoms with Crippen LogP contribution in [0.3, 0.4) is 0 Å². The molecule has 0 heterocycles. The summed E-state index contributed by atoms with van der Waals surface area (Å²) in [6, 6.07) is 15.4. The van der Waals surface area contributed by atoms with Crippen molar-refractivity contribution in [3.8, 4) is 5.75 Å². The summed E-state index contributed by atoms with van der Waals surface area (Å²) < 4.78 is 10.9. The molecule has 0 atom stereocenters. The third-order valence-electron chi connectivity index (χ3n) is 3.84. The van der Waals surface area contributed by atoms with Gasteiger partial charge in [0.1, 0.15) is 12.4 Å².